The third kappa shape index (κ3) is 1.37. The normalized spacial score (nSPS) is 13.2. The molecule has 0 saturated carbocycles. The van der Waals surface area contributed by atoms with E-state index >= 15 is 0 Å². The molecular weight excluding hydrogens is 234 g/mol. The van der Waals surface area contributed by atoms with Crippen LogP contribution >= 0.6 is 0 Å². The summed E-state index contributed by atoms with van der Waals surface area (Å²) in [6.07, 6.45) is 0.0142. The van der Waals surface area contributed by atoms with Crippen molar-refractivity contribution in [2.24, 2.45) is 0 Å². The molecule has 3 rings (SSSR count). The largest absolute Gasteiger partial charge is 0.450 e. The van der Waals surface area contributed by atoms with E-state index in [1.807, 2.05) is 0 Å². The first kappa shape index (κ1) is 10.7. The van der Waals surface area contributed by atoms with Gasteiger partial charge in [0.1, 0.15) is 5.69 Å². The van der Waals surface area contributed by atoms with Crippen molar-refractivity contribution in [1.29, 1.82) is 0 Å². The highest BCUT2D eigenvalue weighted by Crippen LogP contribution is 2.35. The summed E-state index contributed by atoms with van der Waals surface area (Å²) in [5, 5.41) is 0. The Bertz CT molecular complexity index is 657. The van der Waals surface area contributed by atoms with Gasteiger partial charge in [0.05, 0.1) is 6.61 Å². The molecule has 1 aromatic carbocycles. The predicted octanol–water partition coefficient (Wildman–Crippen LogP) is 2.12. The van der Waals surface area contributed by atoms with Crippen molar-refractivity contribution in [1.82, 2.24) is 4.98 Å². The molecule has 5 heteroatoms. The van der Waals surface area contributed by atoms with Gasteiger partial charge in [0, 0.05) is 11.1 Å². The fourth-order valence-corrected chi connectivity index (χ4v) is 1.94. The summed E-state index contributed by atoms with van der Waals surface area (Å²) in [5.74, 6) is -1.29. The molecule has 0 amide bonds. The van der Waals surface area contributed by atoms with Gasteiger partial charge in [-0.2, -0.15) is 4.98 Å². The molecule has 0 spiro atoms. The highest BCUT2D eigenvalue weighted by molar-refractivity contribution is 6.52. The van der Waals surface area contributed by atoms with E-state index in [0.717, 1.165) is 0 Å². The van der Waals surface area contributed by atoms with Gasteiger partial charge in [-0.25, -0.2) is 0 Å². The van der Waals surface area contributed by atoms with E-state index in [2.05, 4.69) is 4.98 Å². The van der Waals surface area contributed by atoms with Crippen LogP contribution in [0.15, 0.2) is 28.7 Å². The van der Waals surface area contributed by atoms with E-state index in [0.29, 0.717) is 23.4 Å². The van der Waals surface area contributed by atoms with Gasteiger partial charge in [0.2, 0.25) is 11.5 Å². The van der Waals surface area contributed by atoms with Crippen LogP contribution in [-0.2, 0) is 0 Å². The molecule has 5 nitrogen and oxygen atoms in total. The molecule has 1 aromatic heterocycles. The third-order valence-electron chi connectivity index (χ3n) is 2.71. The van der Waals surface area contributed by atoms with Gasteiger partial charge in [-0.3, -0.25) is 9.59 Å². The fraction of sp³-hybridized carbons (Fsp3) is 0.154. The smallest absolute Gasteiger partial charge is 0.394 e. The molecule has 0 saturated heterocycles. The predicted molar refractivity (Wildman–Crippen MR) is 61.8 cm³/mol. The first-order valence-electron chi connectivity index (χ1n) is 5.54. The zero-order chi connectivity index (χ0) is 12.7. The van der Waals surface area contributed by atoms with Crippen LogP contribution in [0.1, 0.15) is 27.8 Å². The fourth-order valence-electron chi connectivity index (χ4n) is 1.94. The second kappa shape index (κ2) is 3.80. The van der Waals surface area contributed by atoms with Gasteiger partial charge in [0.25, 0.3) is 5.78 Å². The molecule has 0 radical (unpaired) electrons. The zero-order valence-electron chi connectivity index (χ0n) is 9.60. The number of fused-ring (bicyclic) bond motifs is 3. The van der Waals surface area contributed by atoms with Crippen LogP contribution in [0, 0.1) is 0 Å². The average Bonchev–Trinajstić information content (AvgIpc) is 2.81. The number of oxazole rings is 1. The number of aromatic nitrogens is 1. The number of hydrogen-bond acceptors (Lipinski definition) is 5. The van der Waals surface area contributed by atoms with Gasteiger partial charge in [-0.1, -0.05) is 24.3 Å². The van der Waals surface area contributed by atoms with Crippen LogP contribution in [0.4, 0.5) is 0 Å². The molecular formula is C13H9NO4. The zero-order valence-corrected chi connectivity index (χ0v) is 9.60. The van der Waals surface area contributed by atoms with E-state index < -0.39 is 11.6 Å². The van der Waals surface area contributed by atoms with E-state index in [1.165, 1.54) is 0 Å². The molecule has 1 heterocycles. The number of carbonyl (C=O) groups is 2. The standard InChI is InChI=1S/C13H9NO4/c1-2-17-13-14-9-7-5-3-4-6-8(7)10(15)11(16)12(9)18-13/h3-6H,2H2,1H3. The van der Waals surface area contributed by atoms with Crippen molar-refractivity contribution in [3.05, 3.63) is 35.6 Å². The van der Waals surface area contributed by atoms with Gasteiger partial charge in [-0.15, -0.1) is 0 Å². The Balaban J connectivity index is 2.24. The second-order valence-corrected chi connectivity index (χ2v) is 3.79. The topological polar surface area (TPSA) is 69.4 Å². The van der Waals surface area contributed by atoms with E-state index in [-0.39, 0.29) is 11.8 Å². The lowest BCUT2D eigenvalue weighted by molar-refractivity contribution is 0.0794. The van der Waals surface area contributed by atoms with E-state index in [4.69, 9.17) is 9.15 Å². The minimum Gasteiger partial charge on any atom is -0.450 e. The molecule has 0 atom stereocenters. The van der Waals surface area contributed by atoms with Crippen molar-refractivity contribution >= 4 is 11.6 Å². The highest BCUT2D eigenvalue weighted by Gasteiger charge is 2.35. The number of benzene rings is 1. The molecule has 0 unspecified atom stereocenters. The van der Waals surface area contributed by atoms with Gasteiger partial charge < -0.3 is 9.15 Å². The number of ether oxygens (including phenoxy) is 1. The van der Waals surface area contributed by atoms with Crippen molar-refractivity contribution in [2.75, 3.05) is 6.61 Å². The van der Waals surface area contributed by atoms with E-state index in [9.17, 15) is 9.59 Å². The molecule has 0 fully saturated rings. The van der Waals surface area contributed by atoms with Crippen molar-refractivity contribution in [3.63, 3.8) is 0 Å². The minimum atomic E-state index is -0.679. The molecule has 18 heavy (non-hydrogen) atoms. The van der Waals surface area contributed by atoms with Crippen LogP contribution < -0.4 is 4.74 Å². The Morgan fingerprint density at radius 2 is 1.89 bits per heavy atom. The lowest BCUT2D eigenvalue weighted by Gasteiger charge is -2.10. The second-order valence-electron chi connectivity index (χ2n) is 3.79. The number of ketones is 2. The molecule has 90 valence electrons. The Morgan fingerprint density at radius 1 is 1.17 bits per heavy atom. The molecule has 1 aliphatic carbocycles. The monoisotopic (exact) mass is 243 g/mol. The minimum absolute atomic E-state index is 0.0142. The van der Waals surface area contributed by atoms with Gasteiger partial charge >= 0.3 is 6.08 Å². The molecule has 0 bridgehead atoms. The summed E-state index contributed by atoms with van der Waals surface area (Å²) in [7, 11) is 0. The highest BCUT2D eigenvalue weighted by atomic mass is 16.6. The van der Waals surface area contributed by atoms with Crippen molar-refractivity contribution in [2.45, 2.75) is 6.92 Å². The Hall–Kier alpha value is -2.43. The maximum Gasteiger partial charge on any atom is 0.394 e. The van der Waals surface area contributed by atoms with Crippen LogP contribution in [-0.4, -0.2) is 23.2 Å². The summed E-state index contributed by atoms with van der Waals surface area (Å²) < 4.78 is 10.3. The van der Waals surface area contributed by atoms with Crippen LogP contribution in [0.3, 0.4) is 0 Å². The molecule has 0 N–H and O–H groups in total. The molecule has 2 aromatic rings. The summed E-state index contributed by atoms with van der Waals surface area (Å²) in [6, 6.07) is 6.82. The maximum atomic E-state index is 11.9. The number of rotatable bonds is 2. The van der Waals surface area contributed by atoms with E-state index in [1.54, 1.807) is 31.2 Å². The quantitative estimate of drug-likeness (QED) is 0.755. The summed E-state index contributed by atoms with van der Waals surface area (Å²) >= 11 is 0. The molecule has 0 aliphatic heterocycles. The third-order valence-corrected chi connectivity index (χ3v) is 2.71. The lowest BCUT2D eigenvalue weighted by Crippen LogP contribution is -2.20. The van der Waals surface area contributed by atoms with Crippen LogP contribution in [0.5, 0.6) is 6.08 Å². The number of Topliss-reactive ketones (excluding diaryl/α,β-unsaturated/α-hetero) is 2. The average molecular weight is 243 g/mol. The van der Waals surface area contributed by atoms with Gasteiger partial charge in [-0.05, 0) is 6.92 Å². The Kier molecular flexibility index (Phi) is 2.26. The van der Waals surface area contributed by atoms with Gasteiger partial charge in [0.15, 0.2) is 0 Å². The number of hydrogen-bond donors (Lipinski definition) is 0. The molecule has 1 aliphatic rings. The number of nitrogens with zero attached hydrogens (tertiary/aromatic N) is 1. The van der Waals surface area contributed by atoms with Crippen molar-refractivity contribution in [3.8, 4) is 17.3 Å². The van der Waals surface area contributed by atoms with Crippen LogP contribution in [0.2, 0.25) is 0 Å². The number of carbonyl (C=O) groups excluding carboxylic acids is 2. The lowest BCUT2D eigenvalue weighted by atomic mass is 9.91. The first-order chi connectivity index (χ1) is 8.72. The Labute approximate surface area is 102 Å². The SMILES string of the molecule is CCOc1nc2c(o1)C(=O)C(=O)c1ccccc1-2. The summed E-state index contributed by atoms with van der Waals surface area (Å²) in [4.78, 5) is 27.8. The summed E-state index contributed by atoms with van der Waals surface area (Å²) in [6.45, 7) is 2.16. The van der Waals surface area contributed by atoms with Crippen LogP contribution in [0.25, 0.3) is 11.3 Å². The maximum absolute atomic E-state index is 11.9. The summed E-state index contributed by atoms with van der Waals surface area (Å²) in [5.41, 5.74) is 1.33. The first-order valence-corrected chi connectivity index (χ1v) is 5.54. The van der Waals surface area contributed by atoms with Crippen molar-refractivity contribution < 1.29 is 18.7 Å². The Morgan fingerprint density at radius 3 is 2.61 bits per heavy atom.